The highest BCUT2D eigenvalue weighted by Gasteiger charge is 2.04. The Labute approximate surface area is 63.5 Å². The second-order valence-electron chi connectivity index (χ2n) is 3.01. The Morgan fingerprint density at radius 1 is 1.20 bits per heavy atom. The monoisotopic (exact) mass is 139 g/mol. The van der Waals surface area contributed by atoms with Gasteiger partial charge in [-0.05, 0) is 32.1 Å². The number of aliphatic imine (C=N–C) groups is 1. The van der Waals surface area contributed by atoms with Gasteiger partial charge in [0.1, 0.15) is 0 Å². The van der Waals surface area contributed by atoms with Gasteiger partial charge in [0.2, 0.25) is 0 Å². The molecule has 0 aromatic heterocycles. The molecule has 0 saturated heterocycles. The van der Waals surface area contributed by atoms with Crippen molar-refractivity contribution in [3.05, 3.63) is 0 Å². The van der Waals surface area contributed by atoms with E-state index in [4.69, 9.17) is 0 Å². The van der Waals surface area contributed by atoms with Crippen LogP contribution in [0.15, 0.2) is 4.99 Å². The molecule has 0 heterocycles. The Hall–Kier alpha value is -0.330. The summed E-state index contributed by atoms with van der Waals surface area (Å²) in [7, 11) is 0. The van der Waals surface area contributed by atoms with Gasteiger partial charge >= 0.3 is 0 Å². The van der Waals surface area contributed by atoms with E-state index in [2.05, 4.69) is 11.9 Å². The van der Waals surface area contributed by atoms with Crippen molar-refractivity contribution in [1.29, 1.82) is 0 Å². The molecule has 0 bridgehead atoms. The fraction of sp³-hybridized carbons (Fsp3) is 0.889. The molecule has 0 unspecified atom stereocenters. The van der Waals surface area contributed by atoms with Crippen LogP contribution in [0.4, 0.5) is 0 Å². The summed E-state index contributed by atoms with van der Waals surface area (Å²) in [5.41, 5.74) is 1.48. The molecule has 1 saturated carbocycles. The molecule has 0 radical (unpaired) electrons. The number of hydrogen-bond acceptors (Lipinski definition) is 1. The van der Waals surface area contributed by atoms with Gasteiger partial charge in [-0.15, -0.1) is 0 Å². The van der Waals surface area contributed by atoms with Crippen LogP contribution in [0.1, 0.15) is 45.4 Å². The quantitative estimate of drug-likeness (QED) is 0.558. The lowest BCUT2D eigenvalue weighted by molar-refractivity contribution is 0.662. The van der Waals surface area contributed by atoms with Crippen LogP contribution in [0.5, 0.6) is 0 Å². The van der Waals surface area contributed by atoms with E-state index in [1.54, 1.807) is 0 Å². The van der Waals surface area contributed by atoms with E-state index in [9.17, 15) is 0 Å². The molecule has 1 aliphatic rings. The lowest BCUT2D eigenvalue weighted by Crippen LogP contribution is -2.05. The van der Waals surface area contributed by atoms with Gasteiger partial charge in [-0.25, -0.2) is 0 Å². The zero-order chi connectivity index (χ0) is 7.23. The molecule has 1 nitrogen and oxygen atoms in total. The Morgan fingerprint density at radius 2 is 1.90 bits per heavy atom. The van der Waals surface area contributed by atoms with E-state index >= 15 is 0 Å². The molecule has 0 aliphatic heterocycles. The molecule has 1 rings (SSSR count). The summed E-state index contributed by atoms with van der Waals surface area (Å²) in [6.45, 7) is 3.24. The smallest absolute Gasteiger partial charge is 0.0386 e. The van der Waals surface area contributed by atoms with Crippen LogP contribution in [0, 0.1) is 0 Å². The minimum Gasteiger partial charge on any atom is -0.294 e. The third-order valence-corrected chi connectivity index (χ3v) is 1.99. The van der Waals surface area contributed by atoms with Crippen molar-refractivity contribution in [2.75, 3.05) is 6.54 Å². The summed E-state index contributed by atoms with van der Waals surface area (Å²) in [4.78, 5) is 4.52. The predicted octanol–water partition coefficient (Wildman–Crippen LogP) is 2.80. The lowest BCUT2D eigenvalue weighted by atomic mass is 9.98. The summed E-state index contributed by atoms with van der Waals surface area (Å²) in [5, 5.41) is 0. The van der Waals surface area contributed by atoms with Crippen molar-refractivity contribution in [3.63, 3.8) is 0 Å². The average molecular weight is 139 g/mol. The van der Waals surface area contributed by atoms with E-state index in [0.717, 1.165) is 6.54 Å². The molecule has 0 N–H and O–H groups in total. The van der Waals surface area contributed by atoms with Crippen LogP contribution < -0.4 is 0 Å². The minimum absolute atomic E-state index is 1.05. The molecule has 1 heteroatoms. The maximum atomic E-state index is 4.52. The van der Waals surface area contributed by atoms with Crippen LogP contribution in [0.25, 0.3) is 0 Å². The molecule has 0 atom stereocenters. The Kier molecular flexibility index (Phi) is 3.48. The van der Waals surface area contributed by atoms with Crippen LogP contribution >= 0.6 is 0 Å². The zero-order valence-corrected chi connectivity index (χ0v) is 6.90. The van der Waals surface area contributed by atoms with Crippen molar-refractivity contribution in [3.8, 4) is 0 Å². The summed E-state index contributed by atoms with van der Waals surface area (Å²) < 4.78 is 0. The largest absolute Gasteiger partial charge is 0.294 e. The lowest BCUT2D eigenvalue weighted by Gasteiger charge is -2.11. The van der Waals surface area contributed by atoms with Crippen molar-refractivity contribution >= 4 is 5.71 Å². The summed E-state index contributed by atoms with van der Waals surface area (Å²) in [6, 6.07) is 0. The first-order valence-electron chi connectivity index (χ1n) is 4.45. The van der Waals surface area contributed by atoms with Crippen molar-refractivity contribution < 1.29 is 0 Å². The summed E-state index contributed by atoms with van der Waals surface area (Å²) in [5.74, 6) is 0. The van der Waals surface area contributed by atoms with Crippen LogP contribution in [0.3, 0.4) is 0 Å². The van der Waals surface area contributed by atoms with Gasteiger partial charge in [0.25, 0.3) is 0 Å². The molecule has 0 aromatic rings. The zero-order valence-electron chi connectivity index (χ0n) is 6.90. The van der Waals surface area contributed by atoms with Crippen molar-refractivity contribution in [2.45, 2.75) is 45.4 Å². The Bertz CT molecular complexity index is 108. The summed E-state index contributed by atoms with van der Waals surface area (Å²) >= 11 is 0. The standard InChI is InChI=1S/C9H17N/c1-2-8-10-9-6-4-3-5-7-9/h2-8H2,1H3. The molecule has 1 aliphatic carbocycles. The second kappa shape index (κ2) is 4.48. The number of hydrogen-bond donors (Lipinski definition) is 0. The first-order valence-corrected chi connectivity index (χ1v) is 4.45. The van der Waals surface area contributed by atoms with Crippen LogP contribution in [-0.2, 0) is 0 Å². The van der Waals surface area contributed by atoms with E-state index in [-0.39, 0.29) is 0 Å². The van der Waals surface area contributed by atoms with E-state index < -0.39 is 0 Å². The van der Waals surface area contributed by atoms with E-state index in [0.29, 0.717) is 0 Å². The van der Waals surface area contributed by atoms with Crippen molar-refractivity contribution in [2.24, 2.45) is 4.99 Å². The third-order valence-electron chi connectivity index (χ3n) is 1.99. The normalized spacial score (nSPS) is 19.1. The first kappa shape index (κ1) is 7.77. The highest BCUT2D eigenvalue weighted by Crippen LogP contribution is 2.14. The molecule has 58 valence electrons. The minimum atomic E-state index is 1.05. The highest BCUT2D eigenvalue weighted by molar-refractivity contribution is 5.84. The van der Waals surface area contributed by atoms with Crippen LogP contribution in [-0.4, -0.2) is 12.3 Å². The molecule has 0 amide bonds. The van der Waals surface area contributed by atoms with Gasteiger partial charge in [-0.3, -0.25) is 4.99 Å². The first-order chi connectivity index (χ1) is 4.93. The second-order valence-corrected chi connectivity index (χ2v) is 3.01. The predicted molar refractivity (Wildman–Crippen MR) is 45.7 cm³/mol. The molecular weight excluding hydrogens is 122 g/mol. The van der Waals surface area contributed by atoms with Crippen LogP contribution in [0.2, 0.25) is 0 Å². The van der Waals surface area contributed by atoms with Gasteiger partial charge in [0.15, 0.2) is 0 Å². The topological polar surface area (TPSA) is 12.4 Å². The summed E-state index contributed by atoms with van der Waals surface area (Å²) in [6.07, 6.45) is 7.93. The van der Waals surface area contributed by atoms with Crippen molar-refractivity contribution in [1.82, 2.24) is 0 Å². The maximum Gasteiger partial charge on any atom is 0.0386 e. The number of rotatable bonds is 2. The fourth-order valence-corrected chi connectivity index (χ4v) is 1.39. The molecule has 0 spiro atoms. The fourth-order valence-electron chi connectivity index (χ4n) is 1.39. The molecular formula is C9H17N. The third kappa shape index (κ3) is 2.51. The van der Waals surface area contributed by atoms with Gasteiger partial charge < -0.3 is 0 Å². The Morgan fingerprint density at radius 3 is 2.50 bits per heavy atom. The molecule has 0 aromatic carbocycles. The van der Waals surface area contributed by atoms with Gasteiger partial charge in [0, 0.05) is 12.3 Å². The SMILES string of the molecule is CCCN=C1CCCCC1. The van der Waals surface area contributed by atoms with E-state index in [1.807, 2.05) is 0 Å². The highest BCUT2D eigenvalue weighted by atomic mass is 14.7. The van der Waals surface area contributed by atoms with E-state index in [1.165, 1.54) is 44.2 Å². The molecule has 1 fully saturated rings. The molecule has 10 heavy (non-hydrogen) atoms. The average Bonchev–Trinajstić information content (AvgIpc) is 2.03. The van der Waals surface area contributed by atoms with Gasteiger partial charge in [-0.1, -0.05) is 13.3 Å². The Balaban J connectivity index is 2.23. The maximum absolute atomic E-state index is 4.52. The van der Waals surface area contributed by atoms with Gasteiger partial charge in [-0.2, -0.15) is 0 Å². The van der Waals surface area contributed by atoms with Gasteiger partial charge in [0.05, 0.1) is 0 Å². The number of nitrogens with zero attached hydrogens (tertiary/aromatic N) is 1.